The lowest BCUT2D eigenvalue weighted by Crippen LogP contribution is -2.65. The summed E-state index contributed by atoms with van der Waals surface area (Å²) < 4.78 is 5.57. The Hall–Kier alpha value is -2.15. The second-order valence-corrected chi connectivity index (χ2v) is 9.82. The summed E-state index contributed by atoms with van der Waals surface area (Å²) in [6.07, 6.45) is 6.80. The van der Waals surface area contributed by atoms with Crippen molar-refractivity contribution < 1.29 is 19.4 Å². The molecule has 4 bridgehead atoms. The van der Waals surface area contributed by atoms with E-state index in [-0.39, 0.29) is 29.7 Å². The molecule has 0 spiro atoms. The van der Waals surface area contributed by atoms with Crippen LogP contribution in [-0.4, -0.2) is 39.7 Å². The van der Waals surface area contributed by atoms with E-state index in [2.05, 4.69) is 10.3 Å². The molecule has 4 fully saturated rings. The number of primary amides is 1. The van der Waals surface area contributed by atoms with Crippen molar-refractivity contribution in [2.75, 3.05) is 6.61 Å². The average Bonchev–Trinajstić information content (AvgIpc) is 2.58. The lowest BCUT2D eigenvalue weighted by Gasteiger charge is -2.61. The summed E-state index contributed by atoms with van der Waals surface area (Å²) in [7, 11) is 0. The fraction of sp³-hybridized carbons (Fsp3) is 0.667. The van der Waals surface area contributed by atoms with Crippen LogP contribution < -0.4 is 15.8 Å². The number of carbonyl (C=O) groups is 2. The van der Waals surface area contributed by atoms with E-state index >= 15 is 0 Å². The summed E-state index contributed by atoms with van der Waals surface area (Å²) in [5.74, 6) is 0.906. The van der Waals surface area contributed by atoms with Gasteiger partial charge in [0.15, 0.2) is 0 Å². The Labute approximate surface area is 165 Å². The molecule has 152 valence electrons. The predicted octanol–water partition coefficient (Wildman–Crippen LogP) is 1.79. The topological polar surface area (TPSA) is 115 Å². The number of ether oxygens (including phenoxy) is 1. The smallest absolute Gasteiger partial charge is 0.270 e. The van der Waals surface area contributed by atoms with Crippen molar-refractivity contribution in [3.05, 3.63) is 24.0 Å². The highest BCUT2D eigenvalue weighted by atomic mass is 16.5. The summed E-state index contributed by atoms with van der Waals surface area (Å²) in [4.78, 5) is 29.4. The van der Waals surface area contributed by atoms with E-state index in [0.29, 0.717) is 24.0 Å². The van der Waals surface area contributed by atoms with Crippen LogP contribution in [-0.2, 0) is 4.79 Å². The van der Waals surface area contributed by atoms with E-state index in [0.717, 1.165) is 32.1 Å². The van der Waals surface area contributed by atoms with Gasteiger partial charge in [-0.1, -0.05) is 0 Å². The second-order valence-electron chi connectivity index (χ2n) is 9.82. The number of pyridine rings is 1. The van der Waals surface area contributed by atoms with Gasteiger partial charge in [-0.3, -0.25) is 14.6 Å². The molecule has 0 aliphatic heterocycles. The van der Waals surface area contributed by atoms with Gasteiger partial charge in [0.25, 0.3) is 5.91 Å². The van der Waals surface area contributed by atoms with Gasteiger partial charge in [-0.25, -0.2) is 0 Å². The maximum Gasteiger partial charge on any atom is 0.270 e. The van der Waals surface area contributed by atoms with Crippen LogP contribution >= 0.6 is 0 Å². The third-order valence-corrected chi connectivity index (χ3v) is 6.52. The zero-order valence-electron chi connectivity index (χ0n) is 16.5. The number of carbonyl (C=O) groups excluding carboxylic acids is 2. The highest BCUT2D eigenvalue weighted by Crippen LogP contribution is 2.61. The number of nitrogens with two attached hydrogens (primary N) is 1. The van der Waals surface area contributed by atoms with Crippen LogP contribution in [0.3, 0.4) is 0 Å². The average molecular weight is 387 g/mol. The molecule has 1 aromatic heterocycles. The third-order valence-electron chi connectivity index (χ3n) is 6.52. The van der Waals surface area contributed by atoms with Crippen LogP contribution in [0.15, 0.2) is 18.3 Å². The first-order chi connectivity index (χ1) is 13.1. The van der Waals surface area contributed by atoms with Crippen molar-refractivity contribution in [2.45, 2.75) is 63.5 Å². The Balaban J connectivity index is 1.50. The number of nitrogens with zero attached hydrogens (tertiary/aromatic N) is 1. The molecule has 7 heteroatoms. The molecule has 0 radical (unpaired) electrons. The van der Waals surface area contributed by atoms with E-state index in [1.807, 2.05) is 0 Å². The van der Waals surface area contributed by atoms with Crippen molar-refractivity contribution in [1.82, 2.24) is 10.3 Å². The number of nitrogens with one attached hydrogen (secondary N) is 1. The largest absolute Gasteiger partial charge is 0.490 e. The Morgan fingerprint density at radius 1 is 1.32 bits per heavy atom. The summed E-state index contributed by atoms with van der Waals surface area (Å²) in [6.45, 7) is 3.43. The Kier molecular flexibility index (Phi) is 4.41. The zero-order valence-corrected chi connectivity index (χ0v) is 16.5. The quantitative estimate of drug-likeness (QED) is 0.688. The molecule has 4 aliphatic carbocycles. The van der Waals surface area contributed by atoms with Crippen LogP contribution in [0.1, 0.15) is 62.9 Å². The molecule has 4 saturated carbocycles. The molecule has 7 nitrogen and oxygen atoms in total. The van der Waals surface area contributed by atoms with Gasteiger partial charge in [0.2, 0.25) is 5.91 Å². The molecule has 2 atom stereocenters. The molecule has 0 aromatic carbocycles. The van der Waals surface area contributed by atoms with Gasteiger partial charge in [-0.2, -0.15) is 0 Å². The molecule has 4 aliphatic rings. The van der Waals surface area contributed by atoms with Gasteiger partial charge in [0.05, 0.1) is 11.0 Å². The minimum absolute atomic E-state index is 0.118. The first-order valence-electron chi connectivity index (χ1n) is 10.0. The molecule has 1 aromatic rings. The number of aliphatic hydroxyl groups is 1. The predicted molar refractivity (Wildman–Crippen MR) is 103 cm³/mol. The molecular weight excluding hydrogens is 358 g/mol. The minimum Gasteiger partial charge on any atom is -0.490 e. The molecule has 5 rings (SSSR count). The first-order valence-corrected chi connectivity index (χ1v) is 10.0. The van der Waals surface area contributed by atoms with Crippen molar-refractivity contribution >= 4 is 11.8 Å². The number of aromatic nitrogens is 1. The second kappa shape index (κ2) is 6.44. The van der Waals surface area contributed by atoms with Crippen molar-refractivity contribution in [3.63, 3.8) is 0 Å². The normalized spacial score (nSPS) is 33.5. The Morgan fingerprint density at radius 3 is 2.61 bits per heavy atom. The van der Waals surface area contributed by atoms with Gasteiger partial charge >= 0.3 is 0 Å². The summed E-state index contributed by atoms with van der Waals surface area (Å²) in [6, 6.07) is 3.25. The molecular formula is C21H29N3O4. The standard InChI is InChI=1S/C21H29N3O4/c1-19(2,27)12-28-15-3-4-23-16(6-15)17(25)24-21-9-13-5-14(10-21)8-20(7-13,11-21)18(22)26/h3-4,6,13-14,27H,5,7-12H2,1-2H3,(H2,22,26)(H,24,25). The lowest BCUT2D eigenvalue weighted by molar-refractivity contribution is -0.146. The lowest BCUT2D eigenvalue weighted by atomic mass is 9.46. The summed E-state index contributed by atoms with van der Waals surface area (Å²) in [5.41, 5.74) is 4.25. The molecule has 2 unspecified atom stereocenters. The SMILES string of the molecule is CC(C)(O)COc1ccnc(C(=O)NC23CC4CC(C2)CC(C(N)=O)(C4)C3)c1. The van der Waals surface area contributed by atoms with E-state index in [1.54, 1.807) is 26.0 Å². The monoisotopic (exact) mass is 387 g/mol. The van der Waals surface area contributed by atoms with Crippen molar-refractivity contribution in [1.29, 1.82) is 0 Å². The van der Waals surface area contributed by atoms with E-state index in [4.69, 9.17) is 10.5 Å². The van der Waals surface area contributed by atoms with Crippen molar-refractivity contribution in [2.24, 2.45) is 23.0 Å². The molecule has 2 amide bonds. The van der Waals surface area contributed by atoms with Gasteiger partial charge in [-0.15, -0.1) is 0 Å². The van der Waals surface area contributed by atoms with Crippen LogP contribution in [0.2, 0.25) is 0 Å². The highest BCUT2D eigenvalue weighted by Gasteiger charge is 2.60. The molecule has 1 heterocycles. The maximum absolute atomic E-state index is 13.0. The first kappa shape index (κ1) is 19.2. The van der Waals surface area contributed by atoms with Crippen LogP contribution in [0, 0.1) is 17.3 Å². The van der Waals surface area contributed by atoms with E-state index < -0.39 is 11.0 Å². The number of hydrogen-bond donors (Lipinski definition) is 3. The van der Waals surface area contributed by atoms with Gasteiger partial charge in [0, 0.05) is 17.8 Å². The summed E-state index contributed by atoms with van der Waals surface area (Å²) >= 11 is 0. The highest BCUT2D eigenvalue weighted by molar-refractivity contribution is 5.93. The number of amides is 2. The zero-order chi connectivity index (χ0) is 20.2. The van der Waals surface area contributed by atoms with Crippen molar-refractivity contribution in [3.8, 4) is 5.75 Å². The van der Waals surface area contributed by atoms with E-state index in [1.165, 1.54) is 6.20 Å². The summed E-state index contributed by atoms with van der Waals surface area (Å²) in [5, 5.41) is 13.0. The fourth-order valence-electron chi connectivity index (χ4n) is 5.89. The molecule has 28 heavy (non-hydrogen) atoms. The number of hydrogen-bond acceptors (Lipinski definition) is 5. The Morgan fingerprint density at radius 2 is 2.00 bits per heavy atom. The Bertz CT molecular complexity index is 787. The van der Waals surface area contributed by atoms with Crippen LogP contribution in [0.25, 0.3) is 0 Å². The molecule has 0 saturated heterocycles. The van der Waals surface area contributed by atoms with Gasteiger partial charge in [-0.05, 0) is 70.3 Å². The van der Waals surface area contributed by atoms with Crippen LogP contribution in [0.5, 0.6) is 5.75 Å². The number of rotatable bonds is 6. The maximum atomic E-state index is 13.0. The van der Waals surface area contributed by atoms with Gasteiger partial charge in [0.1, 0.15) is 18.1 Å². The third kappa shape index (κ3) is 3.60. The van der Waals surface area contributed by atoms with Gasteiger partial charge < -0.3 is 20.9 Å². The van der Waals surface area contributed by atoms with Crippen LogP contribution in [0.4, 0.5) is 0 Å². The fourth-order valence-corrected chi connectivity index (χ4v) is 5.89. The van der Waals surface area contributed by atoms with E-state index in [9.17, 15) is 14.7 Å². The minimum atomic E-state index is -0.964. The molecule has 4 N–H and O–H groups in total.